The standard InChI is InChI=1S/C15H16Cl2N4/c16-13-8-14(17)15(19-10-13)21-6-4-20(5-7-21)11-12-2-1-3-18-9-12/h1-3,8-10H,4-7,11H2. The molecule has 1 saturated heterocycles. The molecular weight excluding hydrogens is 307 g/mol. The number of anilines is 1. The predicted octanol–water partition coefficient (Wildman–Crippen LogP) is 3.11. The van der Waals surface area contributed by atoms with Crippen molar-refractivity contribution < 1.29 is 0 Å². The zero-order valence-corrected chi connectivity index (χ0v) is 13.1. The second-order valence-electron chi connectivity index (χ2n) is 5.08. The molecule has 0 aromatic carbocycles. The van der Waals surface area contributed by atoms with Gasteiger partial charge in [0.1, 0.15) is 5.82 Å². The van der Waals surface area contributed by atoms with E-state index >= 15 is 0 Å². The molecule has 0 bridgehead atoms. The zero-order valence-electron chi connectivity index (χ0n) is 11.5. The number of rotatable bonds is 3. The van der Waals surface area contributed by atoms with Crippen molar-refractivity contribution in [1.29, 1.82) is 0 Å². The number of nitrogens with zero attached hydrogens (tertiary/aromatic N) is 4. The molecule has 0 saturated carbocycles. The number of pyridine rings is 2. The van der Waals surface area contributed by atoms with E-state index in [9.17, 15) is 0 Å². The Labute approximate surface area is 134 Å². The average Bonchev–Trinajstić information content (AvgIpc) is 2.49. The van der Waals surface area contributed by atoms with Crippen LogP contribution in [0.25, 0.3) is 0 Å². The van der Waals surface area contributed by atoms with E-state index in [1.807, 2.05) is 12.3 Å². The van der Waals surface area contributed by atoms with Crippen LogP contribution in [0, 0.1) is 0 Å². The van der Waals surface area contributed by atoms with Gasteiger partial charge in [-0.25, -0.2) is 4.98 Å². The van der Waals surface area contributed by atoms with Gasteiger partial charge in [-0.05, 0) is 17.7 Å². The fourth-order valence-corrected chi connectivity index (χ4v) is 3.01. The van der Waals surface area contributed by atoms with Gasteiger partial charge in [0.25, 0.3) is 0 Å². The highest BCUT2D eigenvalue weighted by Crippen LogP contribution is 2.26. The van der Waals surface area contributed by atoms with Crippen molar-refractivity contribution in [3.8, 4) is 0 Å². The Bertz CT molecular complexity index is 598. The minimum atomic E-state index is 0.568. The molecule has 2 aromatic rings. The van der Waals surface area contributed by atoms with Crippen molar-refractivity contribution in [2.24, 2.45) is 0 Å². The predicted molar refractivity (Wildman–Crippen MR) is 86.0 cm³/mol. The van der Waals surface area contributed by atoms with Crippen molar-refractivity contribution in [2.75, 3.05) is 31.1 Å². The third-order valence-corrected chi connectivity index (χ3v) is 4.07. The van der Waals surface area contributed by atoms with Gasteiger partial charge in [-0.3, -0.25) is 9.88 Å². The molecule has 0 radical (unpaired) electrons. The minimum Gasteiger partial charge on any atom is -0.353 e. The topological polar surface area (TPSA) is 32.3 Å². The molecular formula is C15H16Cl2N4. The maximum Gasteiger partial charge on any atom is 0.147 e. The molecule has 6 heteroatoms. The lowest BCUT2D eigenvalue weighted by Crippen LogP contribution is -2.46. The van der Waals surface area contributed by atoms with Gasteiger partial charge in [0.15, 0.2) is 0 Å². The molecule has 0 amide bonds. The third kappa shape index (κ3) is 3.64. The van der Waals surface area contributed by atoms with Crippen molar-refractivity contribution in [3.05, 3.63) is 52.4 Å². The van der Waals surface area contributed by atoms with Gasteiger partial charge in [0.05, 0.1) is 10.0 Å². The lowest BCUT2D eigenvalue weighted by atomic mass is 10.2. The molecule has 0 spiro atoms. The molecule has 3 rings (SSSR count). The monoisotopic (exact) mass is 322 g/mol. The summed E-state index contributed by atoms with van der Waals surface area (Å²) in [5.74, 6) is 0.821. The highest BCUT2D eigenvalue weighted by Gasteiger charge is 2.20. The summed E-state index contributed by atoms with van der Waals surface area (Å²) in [7, 11) is 0. The van der Waals surface area contributed by atoms with E-state index in [1.165, 1.54) is 5.56 Å². The Balaban J connectivity index is 1.60. The van der Waals surface area contributed by atoms with Crippen LogP contribution in [-0.2, 0) is 6.54 Å². The summed E-state index contributed by atoms with van der Waals surface area (Å²) in [6.07, 6.45) is 5.37. The first-order chi connectivity index (χ1) is 10.2. The highest BCUT2D eigenvalue weighted by atomic mass is 35.5. The molecule has 0 aliphatic carbocycles. The first-order valence-electron chi connectivity index (χ1n) is 6.89. The van der Waals surface area contributed by atoms with Crippen molar-refractivity contribution in [3.63, 3.8) is 0 Å². The van der Waals surface area contributed by atoms with Crippen LogP contribution in [0.4, 0.5) is 5.82 Å². The highest BCUT2D eigenvalue weighted by molar-refractivity contribution is 6.36. The van der Waals surface area contributed by atoms with E-state index in [0.29, 0.717) is 10.0 Å². The van der Waals surface area contributed by atoms with Crippen LogP contribution >= 0.6 is 23.2 Å². The van der Waals surface area contributed by atoms with Gasteiger partial charge >= 0.3 is 0 Å². The van der Waals surface area contributed by atoms with E-state index in [-0.39, 0.29) is 0 Å². The van der Waals surface area contributed by atoms with Gasteiger partial charge in [0, 0.05) is 51.3 Å². The van der Waals surface area contributed by atoms with Crippen molar-refractivity contribution >= 4 is 29.0 Å². The van der Waals surface area contributed by atoms with Crippen molar-refractivity contribution in [1.82, 2.24) is 14.9 Å². The number of aromatic nitrogens is 2. The van der Waals surface area contributed by atoms with Gasteiger partial charge in [-0.2, -0.15) is 0 Å². The molecule has 0 N–H and O–H groups in total. The molecule has 1 aliphatic rings. The quantitative estimate of drug-likeness (QED) is 0.869. The summed E-state index contributed by atoms with van der Waals surface area (Å²) in [5, 5.41) is 1.18. The SMILES string of the molecule is Clc1cnc(N2CCN(Cc3cccnc3)CC2)c(Cl)c1. The maximum atomic E-state index is 6.22. The van der Waals surface area contributed by atoms with Crippen LogP contribution in [0.15, 0.2) is 36.8 Å². The number of piperazine rings is 1. The molecule has 110 valence electrons. The van der Waals surface area contributed by atoms with Gasteiger partial charge in [-0.1, -0.05) is 29.3 Å². The van der Waals surface area contributed by atoms with E-state index in [4.69, 9.17) is 23.2 Å². The average molecular weight is 323 g/mol. The Hall–Kier alpha value is -1.36. The van der Waals surface area contributed by atoms with Crippen LogP contribution in [0.1, 0.15) is 5.56 Å². The van der Waals surface area contributed by atoms with Crippen LogP contribution in [0.2, 0.25) is 10.0 Å². The minimum absolute atomic E-state index is 0.568. The summed E-state index contributed by atoms with van der Waals surface area (Å²) in [4.78, 5) is 13.1. The summed E-state index contributed by atoms with van der Waals surface area (Å²) in [6, 6.07) is 5.83. The van der Waals surface area contributed by atoms with Gasteiger partial charge < -0.3 is 4.90 Å². The fraction of sp³-hybridized carbons (Fsp3) is 0.333. The lowest BCUT2D eigenvalue weighted by molar-refractivity contribution is 0.249. The Morgan fingerprint density at radius 1 is 1.10 bits per heavy atom. The van der Waals surface area contributed by atoms with E-state index in [2.05, 4.69) is 25.8 Å². The molecule has 0 atom stereocenters. The number of hydrogen-bond donors (Lipinski definition) is 0. The van der Waals surface area contributed by atoms with Crippen LogP contribution in [0.5, 0.6) is 0 Å². The fourth-order valence-electron chi connectivity index (χ4n) is 2.51. The van der Waals surface area contributed by atoms with E-state index < -0.39 is 0 Å². The second kappa shape index (κ2) is 6.60. The molecule has 2 aromatic heterocycles. The number of halogens is 2. The summed E-state index contributed by atoms with van der Waals surface area (Å²) in [6.45, 7) is 4.72. The molecule has 4 nitrogen and oxygen atoms in total. The number of hydrogen-bond acceptors (Lipinski definition) is 4. The Morgan fingerprint density at radius 2 is 1.90 bits per heavy atom. The molecule has 21 heavy (non-hydrogen) atoms. The second-order valence-corrected chi connectivity index (χ2v) is 5.93. The normalized spacial score (nSPS) is 16.2. The lowest BCUT2D eigenvalue weighted by Gasteiger charge is -2.35. The Morgan fingerprint density at radius 3 is 2.57 bits per heavy atom. The molecule has 1 fully saturated rings. The molecule has 0 unspecified atom stereocenters. The summed E-state index contributed by atoms with van der Waals surface area (Å²) >= 11 is 12.1. The largest absolute Gasteiger partial charge is 0.353 e. The van der Waals surface area contributed by atoms with E-state index in [1.54, 1.807) is 18.5 Å². The molecule has 3 heterocycles. The summed E-state index contributed by atoms with van der Waals surface area (Å²) in [5.41, 5.74) is 1.24. The van der Waals surface area contributed by atoms with Gasteiger partial charge in [-0.15, -0.1) is 0 Å². The first-order valence-corrected chi connectivity index (χ1v) is 7.65. The van der Waals surface area contributed by atoms with Crippen LogP contribution < -0.4 is 4.90 Å². The Kier molecular flexibility index (Phi) is 4.58. The van der Waals surface area contributed by atoms with Crippen molar-refractivity contribution in [2.45, 2.75) is 6.54 Å². The zero-order chi connectivity index (χ0) is 14.7. The van der Waals surface area contributed by atoms with Gasteiger partial charge in [0.2, 0.25) is 0 Å². The van der Waals surface area contributed by atoms with E-state index in [0.717, 1.165) is 38.5 Å². The van der Waals surface area contributed by atoms with Crippen LogP contribution in [0.3, 0.4) is 0 Å². The smallest absolute Gasteiger partial charge is 0.147 e. The first kappa shape index (κ1) is 14.6. The van der Waals surface area contributed by atoms with Crippen LogP contribution in [-0.4, -0.2) is 41.0 Å². The summed E-state index contributed by atoms with van der Waals surface area (Å²) < 4.78 is 0. The third-order valence-electron chi connectivity index (χ3n) is 3.59. The molecule has 1 aliphatic heterocycles. The maximum absolute atomic E-state index is 6.22.